The van der Waals surface area contributed by atoms with Crippen molar-refractivity contribution in [2.24, 2.45) is 0 Å². The summed E-state index contributed by atoms with van der Waals surface area (Å²) in [4.78, 5) is 12.1. The lowest BCUT2D eigenvalue weighted by molar-refractivity contribution is 0.102. The molecule has 0 aliphatic carbocycles. The Morgan fingerprint density at radius 3 is 2.20 bits per heavy atom. The van der Waals surface area contributed by atoms with Crippen molar-refractivity contribution in [1.29, 1.82) is 0 Å². The summed E-state index contributed by atoms with van der Waals surface area (Å²) in [5.41, 5.74) is 7.18. The van der Waals surface area contributed by atoms with E-state index in [0.29, 0.717) is 22.7 Å². The van der Waals surface area contributed by atoms with Crippen LogP contribution in [0.1, 0.15) is 10.4 Å². The van der Waals surface area contributed by atoms with E-state index < -0.39 is 0 Å². The molecule has 4 nitrogen and oxygen atoms in total. The van der Waals surface area contributed by atoms with Gasteiger partial charge in [0.25, 0.3) is 5.91 Å². The second kappa shape index (κ2) is 6.03. The molecule has 0 spiro atoms. The zero-order valence-corrected chi connectivity index (χ0v) is 12.1. The molecule has 20 heavy (non-hydrogen) atoms. The number of amides is 1. The van der Waals surface area contributed by atoms with Crippen LogP contribution in [0.4, 0.5) is 11.4 Å². The van der Waals surface area contributed by atoms with Crippen LogP contribution in [0.15, 0.2) is 36.4 Å². The van der Waals surface area contributed by atoms with E-state index in [9.17, 15) is 4.79 Å². The number of anilines is 2. The summed E-state index contributed by atoms with van der Waals surface area (Å²) >= 11 is 12.0. The first-order valence-corrected chi connectivity index (χ1v) is 6.47. The fraction of sp³-hybridized carbons (Fsp3) is 0.0714. The van der Waals surface area contributed by atoms with E-state index in [1.807, 2.05) is 0 Å². The van der Waals surface area contributed by atoms with Crippen molar-refractivity contribution in [3.8, 4) is 5.75 Å². The molecule has 0 aliphatic rings. The van der Waals surface area contributed by atoms with Crippen molar-refractivity contribution in [2.45, 2.75) is 0 Å². The molecule has 0 aliphatic heterocycles. The van der Waals surface area contributed by atoms with Crippen molar-refractivity contribution >= 4 is 40.5 Å². The zero-order chi connectivity index (χ0) is 14.7. The maximum Gasteiger partial charge on any atom is 0.255 e. The van der Waals surface area contributed by atoms with Crippen LogP contribution in [-0.2, 0) is 0 Å². The van der Waals surface area contributed by atoms with Gasteiger partial charge in [0.15, 0.2) is 5.75 Å². The number of hydrogen-bond acceptors (Lipinski definition) is 3. The van der Waals surface area contributed by atoms with Gasteiger partial charge in [0, 0.05) is 16.9 Å². The normalized spacial score (nSPS) is 10.2. The molecular weight excluding hydrogens is 299 g/mol. The van der Waals surface area contributed by atoms with Crippen LogP contribution < -0.4 is 15.8 Å². The average molecular weight is 311 g/mol. The molecule has 2 rings (SSSR count). The minimum Gasteiger partial charge on any atom is -0.494 e. The lowest BCUT2D eigenvalue weighted by Gasteiger charge is -2.09. The zero-order valence-electron chi connectivity index (χ0n) is 10.6. The number of methoxy groups -OCH3 is 1. The van der Waals surface area contributed by atoms with Gasteiger partial charge in [0.05, 0.1) is 17.2 Å². The van der Waals surface area contributed by atoms with Gasteiger partial charge in [-0.05, 0) is 36.4 Å². The van der Waals surface area contributed by atoms with E-state index >= 15 is 0 Å². The number of hydrogen-bond donors (Lipinski definition) is 2. The van der Waals surface area contributed by atoms with Crippen LogP contribution in [0.25, 0.3) is 0 Å². The smallest absolute Gasteiger partial charge is 0.255 e. The van der Waals surface area contributed by atoms with E-state index in [4.69, 9.17) is 33.7 Å². The first kappa shape index (κ1) is 14.5. The monoisotopic (exact) mass is 310 g/mol. The lowest BCUT2D eigenvalue weighted by Crippen LogP contribution is -2.12. The number of benzene rings is 2. The highest BCUT2D eigenvalue weighted by Crippen LogP contribution is 2.34. The van der Waals surface area contributed by atoms with E-state index in [1.54, 1.807) is 24.3 Å². The van der Waals surface area contributed by atoms with Gasteiger partial charge < -0.3 is 15.8 Å². The summed E-state index contributed by atoms with van der Waals surface area (Å²) in [6, 6.07) is 9.81. The third-order valence-electron chi connectivity index (χ3n) is 2.63. The number of nitrogens with one attached hydrogen (secondary N) is 1. The van der Waals surface area contributed by atoms with Gasteiger partial charge in [0.1, 0.15) is 0 Å². The number of ether oxygens (including phenoxy) is 1. The van der Waals surface area contributed by atoms with Crippen LogP contribution in [0.5, 0.6) is 5.75 Å². The van der Waals surface area contributed by atoms with Gasteiger partial charge >= 0.3 is 0 Å². The Kier molecular flexibility index (Phi) is 4.37. The Labute approximate surface area is 126 Å². The summed E-state index contributed by atoms with van der Waals surface area (Å²) < 4.78 is 5.03. The second-order valence-electron chi connectivity index (χ2n) is 4.05. The Bertz CT molecular complexity index is 619. The van der Waals surface area contributed by atoms with Crippen LogP contribution in [0.2, 0.25) is 10.0 Å². The maximum atomic E-state index is 12.1. The fourth-order valence-corrected chi connectivity index (χ4v) is 2.30. The summed E-state index contributed by atoms with van der Waals surface area (Å²) in [6.07, 6.45) is 0. The lowest BCUT2D eigenvalue weighted by atomic mass is 10.2. The van der Waals surface area contributed by atoms with Crippen molar-refractivity contribution in [2.75, 3.05) is 18.2 Å². The summed E-state index contributed by atoms with van der Waals surface area (Å²) in [6.45, 7) is 0. The molecule has 0 aromatic heterocycles. The molecule has 3 N–H and O–H groups in total. The van der Waals surface area contributed by atoms with Gasteiger partial charge in [-0.2, -0.15) is 0 Å². The molecule has 0 unspecified atom stereocenters. The SMILES string of the molecule is COc1c(Cl)cc(C(=O)Nc2ccc(N)cc2)cc1Cl. The first-order chi connectivity index (χ1) is 9.51. The molecule has 0 heterocycles. The van der Waals surface area contributed by atoms with Crippen molar-refractivity contribution in [3.05, 3.63) is 52.0 Å². The molecule has 0 atom stereocenters. The number of nitrogen functional groups attached to an aromatic ring is 1. The van der Waals surface area contributed by atoms with E-state index in [0.717, 1.165) is 0 Å². The minimum absolute atomic E-state index is 0.280. The van der Waals surface area contributed by atoms with E-state index in [2.05, 4.69) is 5.32 Å². The largest absolute Gasteiger partial charge is 0.494 e. The molecule has 2 aromatic carbocycles. The van der Waals surface area contributed by atoms with Gasteiger partial charge in [-0.1, -0.05) is 23.2 Å². The number of carbonyl (C=O) groups excluding carboxylic acids is 1. The molecule has 2 aromatic rings. The van der Waals surface area contributed by atoms with Crippen molar-refractivity contribution < 1.29 is 9.53 Å². The van der Waals surface area contributed by atoms with Crippen molar-refractivity contribution in [1.82, 2.24) is 0 Å². The molecule has 6 heteroatoms. The van der Waals surface area contributed by atoms with Gasteiger partial charge in [-0.3, -0.25) is 4.79 Å². The number of halogens is 2. The standard InChI is InChI=1S/C14H12Cl2N2O2/c1-20-13-11(15)6-8(7-12(13)16)14(19)18-10-4-2-9(17)3-5-10/h2-7H,17H2,1H3,(H,18,19). The van der Waals surface area contributed by atoms with Gasteiger partial charge in [-0.25, -0.2) is 0 Å². The Balaban J connectivity index is 2.23. The maximum absolute atomic E-state index is 12.1. The highest BCUT2D eigenvalue weighted by Gasteiger charge is 2.13. The fourth-order valence-electron chi connectivity index (χ4n) is 1.66. The number of carbonyl (C=O) groups is 1. The van der Waals surface area contributed by atoms with E-state index in [1.165, 1.54) is 19.2 Å². The van der Waals surface area contributed by atoms with Crippen LogP contribution in [0, 0.1) is 0 Å². The highest BCUT2D eigenvalue weighted by molar-refractivity contribution is 6.37. The van der Waals surface area contributed by atoms with Crippen LogP contribution in [0.3, 0.4) is 0 Å². The molecule has 0 saturated carbocycles. The molecule has 0 radical (unpaired) electrons. The first-order valence-electron chi connectivity index (χ1n) is 5.71. The number of rotatable bonds is 3. The Morgan fingerprint density at radius 2 is 1.70 bits per heavy atom. The number of nitrogens with two attached hydrogens (primary N) is 1. The van der Waals surface area contributed by atoms with Gasteiger partial charge in [-0.15, -0.1) is 0 Å². The Hall–Kier alpha value is -1.91. The van der Waals surface area contributed by atoms with Crippen LogP contribution >= 0.6 is 23.2 Å². The molecule has 0 saturated heterocycles. The third kappa shape index (κ3) is 3.15. The predicted molar refractivity (Wildman–Crippen MR) is 81.8 cm³/mol. The molecule has 1 amide bonds. The minimum atomic E-state index is -0.318. The topological polar surface area (TPSA) is 64.3 Å². The molecule has 104 valence electrons. The summed E-state index contributed by atoms with van der Waals surface area (Å²) in [7, 11) is 1.46. The quantitative estimate of drug-likeness (QED) is 0.847. The van der Waals surface area contributed by atoms with Crippen molar-refractivity contribution in [3.63, 3.8) is 0 Å². The van der Waals surface area contributed by atoms with Crippen LogP contribution in [-0.4, -0.2) is 13.0 Å². The molecular formula is C14H12Cl2N2O2. The van der Waals surface area contributed by atoms with E-state index in [-0.39, 0.29) is 16.0 Å². The third-order valence-corrected chi connectivity index (χ3v) is 3.19. The average Bonchev–Trinajstić information content (AvgIpc) is 2.41. The summed E-state index contributed by atoms with van der Waals surface area (Å²) in [5.74, 6) is 0.0265. The highest BCUT2D eigenvalue weighted by atomic mass is 35.5. The Morgan fingerprint density at radius 1 is 1.15 bits per heavy atom. The van der Waals surface area contributed by atoms with Gasteiger partial charge in [0.2, 0.25) is 0 Å². The second-order valence-corrected chi connectivity index (χ2v) is 4.86. The molecule has 0 fully saturated rings. The summed E-state index contributed by atoms with van der Waals surface area (Å²) in [5, 5.41) is 3.28. The molecule has 0 bridgehead atoms. The predicted octanol–water partition coefficient (Wildman–Crippen LogP) is 3.84.